The number of hydrogen-bond donors (Lipinski definition) is 0. The van der Waals surface area contributed by atoms with Crippen LogP contribution in [-0.4, -0.2) is 29.2 Å². The van der Waals surface area contributed by atoms with Crippen LogP contribution >= 0.6 is 0 Å². The average molecular weight is 346 g/mol. The van der Waals surface area contributed by atoms with Gasteiger partial charge in [-0.05, 0) is 24.8 Å². The maximum absolute atomic E-state index is 12.8. The summed E-state index contributed by atoms with van der Waals surface area (Å²) in [6.07, 6.45) is 1.55. The van der Waals surface area contributed by atoms with E-state index in [-0.39, 0.29) is 13.0 Å². The van der Waals surface area contributed by atoms with Crippen molar-refractivity contribution in [3.05, 3.63) is 48.6 Å². The van der Waals surface area contributed by atoms with E-state index in [0.29, 0.717) is 12.8 Å². The lowest BCUT2D eigenvalue weighted by atomic mass is 9.93. The zero-order chi connectivity index (χ0) is 19.4. The molecule has 25 heavy (non-hydrogen) atoms. The lowest BCUT2D eigenvalue weighted by Crippen LogP contribution is -2.48. The highest BCUT2D eigenvalue weighted by Crippen LogP contribution is 2.34. The molecule has 1 aromatic carbocycles. The Morgan fingerprint density at radius 3 is 2.68 bits per heavy atom. The molecule has 1 aromatic rings. The highest BCUT2D eigenvalue weighted by molar-refractivity contribution is 5.84. The molecule has 136 valence electrons. The van der Waals surface area contributed by atoms with Gasteiger partial charge in [-0.25, -0.2) is 9.59 Å². The number of nitrogens with zero attached hydrogens (tertiary/aromatic N) is 1. The summed E-state index contributed by atoms with van der Waals surface area (Å²) < 4.78 is 19.5. The van der Waals surface area contributed by atoms with Crippen LogP contribution in [0.25, 0.3) is 0 Å². The van der Waals surface area contributed by atoms with Gasteiger partial charge >= 0.3 is 12.1 Å². The van der Waals surface area contributed by atoms with E-state index in [4.69, 9.17) is 10.8 Å². The molecule has 0 aliphatic carbocycles. The number of allylic oxidation sites excluding steroid dienone is 1. The second-order valence-corrected chi connectivity index (χ2v) is 7.16. The monoisotopic (exact) mass is 346 g/mol. The molecule has 0 radical (unpaired) electrons. The number of carbonyl (C=O) groups excluding carboxylic acids is 2. The predicted octanol–water partition coefficient (Wildman–Crippen LogP) is 4.28. The summed E-state index contributed by atoms with van der Waals surface area (Å²) in [5.41, 5.74) is 0.296. The molecule has 1 fully saturated rings. The first-order chi connectivity index (χ1) is 12.2. The number of rotatable bonds is 6. The molecule has 0 spiro atoms. The Kier molecular flexibility index (Phi) is 5.74. The van der Waals surface area contributed by atoms with Crippen molar-refractivity contribution < 1.29 is 20.4 Å². The first-order valence-electron chi connectivity index (χ1n) is 9.02. The van der Waals surface area contributed by atoms with Crippen molar-refractivity contribution in [2.24, 2.45) is 5.41 Å². The molecule has 2 rings (SSSR count). The van der Waals surface area contributed by atoms with Crippen LogP contribution in [0.1, 0.15) is 47.0 Å². The highest BCUT2D eigenvalue weighted by Gasteiger charge is 2.50. The molecule has 5 heteroatoms. The van der Waals surface area contributed by atoms with Gasteiger partial charge in [-0.2, -0.15) is 0 Å². The van der Waals surface area contributed by atoms with Crippen LogP contribution in [0.15, 0.2) is 43.0 Å². The zero-order valence-electron chi connectivity index (χ0n) is 16.2. The van der Waals surface area contributed by atoms with Crippen molar-refractivity contribution in [1.29, 1.82) is 0 Å². The Bertz CT molecular complexity index is 656. The van der Waals surface area contributed by atoms with Gasteiger partial charge in [0.25, 0.3) is 0 Å². The largest absolute Gasteiger partial charge is 0.444 e. The summed E-state index contributed by atoms with van der Waals surface area (Å²) in [5, 5.41) is 0. The van der Waals surface area contributed by atoms with Crippen molar-refractivity contribution in [2.75, 3.05) is 0 Å². The van der Waals surface area contributed by atoms with Crippen LogP contribution in [-0.2, 0) is 20.9 Å². The molecule has 1 aliphatic heterocycles. The van der Waals surface area contributed by atoms with E-state index in [2.05, 4.69) is 6.58 Å². The number of carbonyl (C=O) groups is 2. The molecule has 5 nitrogen and oxygen atoms in total. The van der Waals surface area contributed by atoms with Crippen molar-refractivity contribution >= 4 is 12.1 Å². The second kappa shape index (κ2) is 8.19. The summed E-state index contributed by atoms with van der Waals surface area (Å²) >= 11 is 0. The molecular weight excluding hydrogens is 318 g/mol. The minimum Gasteiger partial charge on any atom is -0.444 e. The lowest BCUT2D eigenvalue weighted by molar-refractivity contribution is -0.147. The van der Waals surface area contributed by atoms with Crippen molar-refractivity contribution in [3.8, 4) is 0 Å². The van der Waals surface area contributed by atoms with Crippen molar-refractivity contribution in [3.63, 3.8) is 0 Å². The Morgan fingerprint density at radius 2 is 2.08 bits per heavy atom. The molecule has 1 amide bonds. The molecule has 1 heterocycles. The van der Waals surface area contributed by atoms with Crippen LogP contribution in [0.5, 0.6) is 0 Å². The minimum atomic E-state index is -1.78. The first kappa shape index (κ1) is 17.5. The first-order valence-corrected chi connectivity index (χ1v) is 8.52. The number of esters is 1. The van der Waals surface area contributed by atoms with E-state index in [1.165, 1.54) is 0 Å². The van der Waals surface area contributed by atoms with E-state index >= 15 is 0 Å². The van der Waals surface area contributed by atoms with Crippen molar-refractivity contribution in [2.45, 2.75) is 58.9 Å². The fourth-order valence-electron chi connectivity index (χ4n) is 2.66. The molecule has 1 saturated heterocycles. The normalized spacial score (nSPS) is 23.8. The Balaban J connectivity index is 2.22. The quantitative estimate of drug-likeness (QED) is 0.438. The number of hydrogen-bond acceptors (Lipinski definition) is 4. The number of cyclic esters (lactones) is 1. The molecule has 0 unspecified atom stereocenters. The summed E-state index contributed by atoms with van der Waals surface area (Å²) in [6, 6.07) is 7.49. The third kappa shape index (κ3) is 4.84. The van der Waals surface area contributed by atoms with Gasteiger partial charge in [0.2, 0.25) is 0 Å². The smallest absolute Gasteiger partial charge is 0.413 e. The van der Waals surface area contributed by atoms with Gasteiger partial charge in [0.1, 0.15) is 12.6 Å². The fraction of sp³-hybridized carbons (Fsp3) is 0.500. The highest BCUT2D eigenvalue weighted by atomic mass is 16.6. The van der Waals surface area contributed by atoms with E-state index in [1.54, 1.807) is 6.08 Å². The van der Waals surface area contributed by atoms with Crippen LogP contribution in [0.3, 0.4) is 0 Å². The Labute approximate surface area is 151 Å². The number of amides is 1. The molecular formula is C20H27NO4. The maximum atomic E-state index is 12.8. The number of ether oxygens (including phenoxy) is 2. The zero-order valence-corrected chi connectivity index (χ0v) is 15.2. The van der Waals surface area contributed by atoms with Crippen LogP contribution in [0.2, 0.25) is 0 Å². The molecule has 0 aromatic heterocycles. The minimum absolute atomic E-state index is 0.0734. The van der Waals surface area contributed by atoms with Gasteiger partial charge in [0, 0.05) is 5.41 Å². The van der Waals surface area contributed by atoms with E-state index in [9.17, 15) is 9.59 Å². The number of benzene rings is 1. The van der Waals surface area contributed by atoms with Crippen LogP contribution in [0.4, 0.5) is 4.79 Å². The molecule has 0 saturated carbocycles. The third-order valence-electron chi connectivity index (χ3n) is 3.94. The SMILES string of the molecule is [2H][C@]1(CCCC=C)C(=O)O[C@@H](C(C)(C)C)N1C(=O)OCc1ccccc1. The van der Waals surface area contributed by atoms with Gasteiger partial charge < -0.3 is 9.47 Å². The van der Waals surface area contributed by atoms with Crippen LogP contribution < -0.4 is 0 Å². The average Bonchev–Trinajstić information content (AvgIpc) is 2.86. The molecule has 0 bridgehead atoms. The lowest BCUT2D eigenvalue weighted by Gasteiger charge is -2.33. The molecule has 1 aliphatic rings. The predicted molar refractivity (Wildman–Crippen MR) is 95.6 cm³/mol. The van der Waals surface area contributed by atoms with Gasteiger partial charge in [0.15, 0.2) is 6.23 Å². The van der Waals surface area contributed by atoms with Crippen LogP contribution in [0, 0.1) is 5.41 Å². The Hall–Kier alpha value is -2.30. The summed E-state index contributed by atoms with van der Waals surface area (Å²) in [4.78, 5) is 26.4. The van der Waals surface area contributed by atoms with E-state index in [0.717, 1.165) is 10.5 Å². The molecule has 0 N–H and O–H groups in total. The van der Waals surface area contributed by atoms with Crippen molar-refractivity contribution in [1.82, 2.24) is 4.90 Å². The second-order valence-electron chi connectivity index (χ2n) is 7.16. The summed E-state index contributed by atoms with van der Waals surface area (Å²) in [5.74, 6) is -0.710. The van der Waals surface area contributed by atoms with E-state index < -0.39 is 29.7 Å². The summed E-state index contributed by atoms with van der Waals surface area (Å²) in [7, 11) is 0. The molecule has 2 atom stereocenters. The third-order valence-corrected chi connectivity index (χ3v) is 3.94. The van der Waals surface area contributed by atoms with Gasteiger partial charge in [-0.1, -0.05) is 57.2 Å². The standard InChI is InChI=1S/C20H27NO4/c1-5-6-8-13-16-17(22)25-18(20(2,3)4)21(16)19(23)24-14-15-11-9-7-10-12-15/h5,7,9-12,16,18H,1,6,8,13-14H2,2-4H3/t16-,18-/m0/s1/i16D. The topological polar surface area (TPSA) is 55.8 Å². The van der Waals surface area contributed by atoms with Gasteiger partial charge in [0.05, 0.1) is 1.37 Å². The fourth-order valence-corrected chi connectivity index (χ4v) is 2.66. The number of unbranched alkanes of at least 4 members (excludes halogenated alkanes) is 1. The van der Waals surface area contributed by atoms with E-state index in [1.807, 2.05) is 51.1 Å². The Morgan fingerprint density at radius 1 is 1.40 bits per heavy atom. The maximum Gasteiger partial charge on any atom is 0.413 e. The summed E-state index contributed by atoms with van der Waals surface area (Å²) in [6.45, 7) is 9.31. The van der Waals surface area contributed by atoms with Gasteiger partial charge in [-0.3, -0.25) is 4.90 Å². The van der Waals surface area contributed by atoms with Gasteiger partial charge in [-0.15, -0.1) is 6.58 Å².